The Hall–Kier alpha value is -2.55. The van der Waals surface area contributed by atoms with E-state index < -0.39 is 10.0 Å². The summed E-state index contributed by atoms with van der Waals surface area (Å²) >= 11 is 0. The molecule has 1 fully saturated rings. The van der Waals surface area contributed by atoms with E-state index in [9.17, 15) is 8.42 Å². The molecular weight excluding hydrogens is 412 g/mol. The van der Waals surface area contributed by atoms with Gasteiger partial charge in [-0.2, -0.15) is 0 Å². The monoisotopic (exact) mass is 444 g/mol. The van der Waals surface area contributed by atoms with Gasteiger partial charge in [0.1, 0.15) is 0 Å². The first-order valence-electron chi connectivity index (χ1n) is 11.1. The van der Waals surface area contributed by atoms with Crippen molar-refractivity contribution >= 4 is 21.7 Å². The van der Waals surface area contributed by atoms with Crippen molar-refractivity contribution in [3.05, 3.63) is 48.5 Å². The van der Waals surface area contributed by atoms with E-state index in [4.69, 9.17) is 4.99 Å². The number of hydrogen-bond donors (Lipinski definition) is 1. The number of hydrogen-bond acceptors (Lipinski definition) is 4. The first-order chi connectivity index (χ1) is 15.0. The van der Waals surface area contributed by atoms with Crippen LogP contribution >= 0.6 is 0 Å². The molecule has 1 aromatic heterocycles. The number of rotatable bonds is 6. The third-order valence-corrected chi connectivity index (χ3v) is 8.00. The van der Waals surface area contributed by atoms with Gasteiger partial charge in [-0.25, -0.2) is 13.4 Å². The topological polar surface area (TPSA) is 82.8 Å². The lowest BCUT2D eigenvalue weighted by Crippen LogP contribution is -2.49. The van der Waals surface area contributed by atoms with Crippen LogP contribution in [0.3, 0.4) is 0 Å². The lowest BCUT2D eigenvalue weighted by molar-refractivity contribution is 0.189. The van der Waals surface area contributed by atoms with Crippen LogP contribution < -0.4 is 9.62 Å². The molecule has 0 amide bonds. The molecule has 8 nitrogen and oxygen atoms in total. The third-order valence-electron chi connectivity index (χ3n) is 6.25. The Labute approximate surface area is 185 Å². The van der Waals surface area contributed by atoms with E-state index >= 15 is 0 Å². The van der Waals surface area contributed by atoms with Gasteiger partial charge < -0.3 is 14.8 Å². The Balaban J connectivity index is 1.43. The number of anilines is 1. The zero-order valence-corrected chi connectivity index (χ0v) is 19.1. The number of aliphatic imine (C=N–C) groups is 1. The van der Waals surface area contributed by atoms with E-state index in [0.717, 1.165) is 49.7 Å². The number of fused-ring (bicyclic) bond motifs is 1. The minimum atomic E-state index is -3.40. The van der Waals surface area contributed by atoms with Crippen molar-refractivity contribution in [3.8, 4) is 0 Å². The maximum absolute atomic E-state index is 13.0. The molecule has 1 aromatic carbocycles. The Morgan fingerprint density at radius 2 is 2.13 bits per heavy atom. The summed E-state index contributed by atoms with van der Waals surface area (Å²) in [4.78, 5) is 11.1. The molecule has 2 aliphatic rings. The third kappa shape index (κ3) is 4.71. The highest BCUT2D eigenvalue weighted by atomic mass is 32.2. The SMILES string of the molecule is CCNC(=NCCS(=O)(=O)N1CCc2ccccc21)N1CCC(C)C(n2ccnc2)C1. The Bertz CT molecular complexity index is 1000. The predicted octanol–water partition coefficient (Wildman–Crippen LogP) is 2.12. The summed E-state index contributed by atoms with van der Waals surface area (Å²) in [5, 5.41) is 3.35. The van der Waals surface area contributed by atoms with E-state index in [0.29, 0.717) is 18.5 Å². The summed E-state index contributed by atoms with van der Waals surface area (Å²) in [7, 11) is -3.40. The van der Waals surface area contributed by atoms with Crippen LogP contribution in [0, 0.1) is 5.92 Å². The second-order valence-electron chi connectivity index (χ2n) is 8.29. The van der Waals surface area contributed by atoms with Crippen LogP contribution in [0.4, 0.5) is 5.69 Å². The second-order valence-corrected chi connectivity index (χ2v) is 10.3. The van der Waals surface area contributed by atoms with Crippen molar-refractivity contribution < 1.29 is 8.42 Å². The Morgan fingerprint density at radius 3 is 2.90 bits per heavy atom. The summed E-state index contributed by atoms with van der Waals surface area (Å²) in [6, 6.07) is 8.06. The second kappa shape index (κ2) is 9.30. The van der Waals surface area contributed by atoms with Gasteiger partial charge in [0.15, 0.2) is 5.96 Å². The van der Waals surface area contributed by atoms with Crippen molar-refractivity contribution in [2.24, 2.45) is 10.9 Å². The fourth-order valence-electron chi connectivity index (χ4n) is 4.49. The highest BCUT2D eigenvalue weighted by Crippen LogP contribution is 2.30. The molecule has 2 aliphatic heterocycles. The normalized spacial score (nSPS) is 21.9. The molecule has 0 bridgehead atoms. The van der Waals surface area contributed by atoms with Gasteiger partial charge in [-0.15, -0.1) is 0 Å². The van der Waals surface area contributed by atoms with Crippen molar-refractivity contribution in [2.75, 3.05) is 42.8 Å². The zero-order chi connectivity index (χ0) is 21.8. The molecule has 0 aliphatic carbocycles. The standard InChI is InChI=1S/C22H32N6O2S/c1-3-24-22(26-12-8-18(2)21(16-26)27-14-10-23-17-27)25-11-15-31(29,30)28-13-9-19-6-4-5-7-20(19)28/h4-7,10,14,17-18,21H,3,8-9,11-13,15-16H2,1-2H3,(H,24,25). The van der Waals surface area contributed by atoms with Gasteiger partial charge in [0.25, 0.3) is 0 Å². The quantitative estimate of drug-likeness (QED) is 0.545. The summed E-state index contributed by atoms with van der Waals surface area (Å²) in [5.41, 5.74) is 1.91. The molecule has 168 valence electrons. The van der Waals surface area contributed by atoms with Crippen LogP contribution in [0.25, 0.3) is 0 Å². The molecule has 0 radical (unpaired) electrons. The number of likely N-dealkylation sites (tertiary alicyclic amines) is 1. The fraction of sp³-hybridized carbons (Fsp3) is 0.545. The first kappa shape index (κ1) is 21.7. The van der Waals surface area contributed by atoms with Gasteiger partial charge in [0.2, 0.25) is 10.0 Å². The lowest BCUT2D eigenvalue weighted by atomic mass is 9.93. The number of para-hydroxylation sites is 1. The number of nitrogens with zero attached hydrogens (tertiary/aromatic N) is 5. The molecule has 31 heavy (non-hydrogen) atoms. The molecule has 0 spiro atoms. The number of aromatic nitrogens is 2. The smallest absolute Gasteiger partial charge is 0.237 e. The van der Waals surface area contributed by atoms with Gasteiger partial charge in [0.05, 0.1) is 30.4 Å². The molecule has 4 rings (SSSR count). The van der Waals surface area contributed by atoms with Crippen molar-refractivity contribution in [1.29, 1.82) is 0 Å². The zero-order valence-electron chi connectivity index (χ0n) is 18.3. The van der Waals surface area contributed by atoms with Gasteiger partial charge in [0, 0.05) is 38.6 Å². The molecule has 2 unspecified atom stereocenters. The van der Waals surface area contributed by atoms with Crippen LogP contribution in [-0.2, 0) is 16.4 Å². The predicted molar refractivity (Wildman–Crippen MR) is 124 cm³/mol. The molecule has 9 heteroatoms. The van der Waals surface area contributed by atoms with E-state index in [1.165, 1.54) is 0 Å². The van der Waals surface area contributed by atoms with Crippen LogP contribution in [0.15, 0.2) is 48.0 Å². The average Bonchev–Trinajstić information content (AvgIpc) is 3.44. The van der Waals surface area contributed by atoms with Gasteiger partial charge in [-0.05, 0) is 37.3 Å². The number of imidazole rings is 1. The van der Waals surface area contributed by atoms with E-state index in [1.807, 2.05) is 49.9 Å². The number of nitrogens with one attached hydrogen (secondary N) is 1. The van der Waals surface area contributed by atoms with Crippen molar-refractivity contribution in [3.63, 3.8) is 0 Å². The maximum Gasteiger partial charge on any atom is 0.237 e. The summed E-state index contributed by atoms with van der Waals surface area (Å²) in [6.45, 7) is 7.54. The number of benzene rings is 1. The summed E-state index contributed by atoms with van der Waals surface area (Å²) in [6.07, 6.45) is 7.51. The average molecular weight is 445 g/mol. The summed E-state index contributed by atoms with van der Waals surface area (Å²) in [5.74, 6) is 1.34. The van der Waals surface area contributed by atoms with Crippen LogP contribution in [-0.4, -0.2) is 67.3 Å². The molecule has 3 heterocycles. The van der Waals surface area contributed by atoms with Crippen LogP contribution in [0.2, 0.25) is 0 Å². The first-order valence-corrected chi connectivity index (χ1v) is 12.7. The molecular formula is C22H32N6O2S. The fourth-order valence-corrected chi connectivity index (χ4v) is 5.88. The molecule has 2 atom stereocenters. The van der Waals surface area contributed by atoms with E-state index in [1.54, 1.807) is 4.31 Å². The van der Waals surface area contributed by atoms with Gasteiger partial charge in [-0.3, -0.25) is 9.30 Å². The van der Waals surface area contributed by atoms with Crippen molar-refractivity contribution in [1.82, 2.24) is 19.8 Å². The molecule has 0 saturated carbocycles. The Kier molecular flexibility index (Phi) is 6.50. The molecule has 1 saturated heterocycles. The highest BCUT2D eigenvalue weighted by molar-refractivity contribution is 7.92. The maximum atomic E-state index is 13.0. The van der Waals surface area contributed by atoms with Crippen molar-refractivity contribution in [2.45, 2.75) is 32.7 Å². The summed E-state index contributed by atoms with van der Waals surface area (Å²) < 4.78 is 29.7. The van der Waals surface area contributed by atoms with Gasteiger partial charge in [-0.1, -0.05) is 25.1 Å². The number of piperidine rings is 1. The highest BCUT2D eigenvalue weighted by Gasteiger charge is 2.30. The lowest BCUT2D eigenvalue weighted by Gasteiger charge is -2.39. The molecule has 1 N–H and O–H groups in total. The van der Waals surface area contributed by atoms with E-state index in [2.05, 4.69) is 26.7 Å². The van der Waals surface area contributed by atoms with E-state index in [-0.39, 0.29) is 12.3 Å². The largest absolute Gasteiger partial charge is 0.357 e. The van der Waals surface area contributed by atoms with Gasteiger partial charge >= 0.3 is 0 Å². The molecule has 2 aromatic rings. The Morgan fingerprint density at radius 1 is 1.29 bits per heavy atom. The minimum Gasteiger partial charge on any atom is -0.357 e. The number of guanidine groups is 1. The number of sulfonamides is 1. The van der Waals surface area contributed by atoms with Crippen LogP contribution in [0.5, 0.6) is 0 Å². The minimum absolute atomic E-state index is 0.00538. The van der Waals surface area contributed by atoms with Crippen LogP contribution in [0.1, 0.15) is 31.9 Å².